The van der Waals surface area contributed by atoms with Crippen LogP contribution < -0.4 is 5.32 Å². The normalized spacial score (nSPS) is 17.1. The van der Waals surface area contributed by atoms with E-state index >= 15 is 0 Å². The van der Waals surface area contributed by atoms with E-state index in [2.05, 4.69) is 30.4 Å². The number of nitriles is 1. The van der Waals surface area contributed by atoms with Gasteiger partial charge in [0.05, 0.1) is 11.7 Å². The zero-order chi connectivity index (χ0) is 19.8. The minimum Gasteiger partial charge on any atom is -0.377 e. The largest absolute Gasteiger partial charge is 0.377 e. The van der Waals surface area contributed by atoms with E-state index in [9.17, 15) is 4.39 Å². The second-order valence-corrected chi connectivity index (χ2v) is 7.51. The monoisotopic (exact) mass is 380 g/mol. The zero-order valence-corrected chi connectivity index (χ0v) is 16.6. The molecule has 4 heteroatoms. The van der Waals surface area contributed by atoms with Gasteiger partial charge < -0.3 is 10.1 Å². The fourth-order valence-corrected chi connectivity index (χ4v) is 3.74. The summed E-state index contributed by atoms with van der Waals surface area (Å²) in [6.45, 7) is 4.85. The molecule has 1 aliphatic heterocycles. The lowest BCUT2D eigenvalue weighted by Crippen LogP contribution is -2.27. The topological polar surface area (TPSA) is 45.0 Å². The van der Waals surface area contributed by atoms with Crippen LogP contribution in [0.1, 0.15) is 49.3 Å². The molecule has 1 N–H and O–H groups in total. The van der Waals surface area contributed by atoms with E-state index in [1.807, 2.05) is 12.1 Å². The summed E-state index contributed by atoms with van der Waals surface area (Å²) in [5.41, 5.74) is 4.43. The van der Waals surface area contributed by atoms with Crippen molar-refractivity contribution in [2.75, 3.05) is 19.7 Å². The van der Waals surface area contributed by atoms with Crippen molar-refractivity contribution in [2.45, 2.75) is 51.6 Å². The highest BCUT2D eigenvalue weighted by Crippen LogP contribution is 2.29. The van der Waals surface area contributed by atoms with Gasteiger partial charge in [0.25, 0.3) is 0 Å². The van der Waals surface area contributed by atoms with Crippen LogP contribution in [0.4, 0.5) is 4.39 Å². The molecule has 0 aliphatic carbocycles. The first-order valence-corrected chi connectivity index (χ1v) is 10.4. The van der Waals surface area contributed by atoms with Crippen molar-refractivity contribution in [1.29, 1.82) is 5.26 Å². The summed E-state index contributed by atoms with van der Waals surface area (Å²) in [6.07, 6.45) is 6.51. The molecule has 1 aliphatic rings. The molecule has 1 heterocycles. The number of halogens is 1. The molecule has 148 valence electrons. The molecule has 28 heavy (non-hydrogen) atoms. The SMILES string of the molecule is CCCCCc1ccc(CC2CNCCCO2)cc1-c1ccc(C#N)c(F)c1. The predicted octanol–water partition coefficient (Wildman–Crippen LogP) is 5.02. The number of benzene rings is 2. The van der Waals surface area contributed by atoms with Gasteiger partial charge >= 0.3 is 0 Å². The van der Waals surface area contributed by atoms with E-state index in [-0.39, 0.29) is 11.7 Å². The van der Waals surface area contributed by atoms with Gasteiger partial charge in [-0.3, -0.25) is 0 Å². The minimum absolute atomic E-state index is 0.0883. The third kappa shape index (κ3) is 5.41. The molecule has 0 aromatic heterocycles. The maximum absolute atomic E-state index is 14.2. The highest BCUT2D eigenvalue weighted by atomic mass is 19.1. The van der Waals surface area contributed by atoms with E-state index in [4.69, 9.17) is 10.00 Å². The number of unbranched alkanes of at least 4 members (excludes halogenated alkanes) is 2. The fourth-order valence-electron chi connectivity index (χ4n) is 3.74. The first-order valence-electron chi connectivity index (χ1n) is 10.4. The molecule has 1 fully saturated rings. The van der Waals surface area contributed by atoms with Gasteiger partial charge in [-0.15, -0.1) is 0 Å². The Bertz CT molecular complexity index is 820. The maximum atomic E-state index is 14.2. The standard InChI is InChI=1S/C24H29FN2O/c1-2-3-4-6-19-8-7-18(13-22-17-27-11-5-12-28-22)14-23(19)20-9-10-21(16-26)24(25)15-20/h7-10,14-15,22,27H,2-6,11-13,17H2,1H3. The quantitative estimate of drug-likeness (QED) is 0.686. The van der Waals surface area contributed by atoms with Crippen LogP contribution in [0, 0.1) is 17.1 Å². The predicted molar refractivity (Wildman–Crippen MR) is 111 cm³/mol. The zero-order valence-electron chi connectivity index (χ0n) is 16.6. The van der Waals surface area contributed by atoms with Crippen LogP contribution in [0.5, 0.6) is 0 Å². The van der Waals surface area contributed by atoms with E-state index in [1.54, 1.807) is 6.07 Å². The van der Waals surface area contributed by atoms with Crippen molar-refractivity contribution >= 4 is 0 Å². The number of hydrogen-bond acceptors (Lipinski definition) is 3. The number of hydrogen-bond donors (Lipinski definition) is 1. The Balaban J connectivity index is 1.89. The second kappa shape index (κ2) is 10.4. The molecule has 1 atom stereocenters. The second-order valence-electron chi connectivity index (χ2n) is 7.51. The minimum atomic E-state index is -0.457. The van der Waals surface area contributed by atoms with Crippen LogP contribution in [-0.2, 0) is 17.6 Å². The fraction of sp³-hybridized carbons (Fsp3) is 0.458. The van der Waals surface area contributed by atoms with Crippen molar-refractivity contribution in [3.8, 4) is 17.2 Å². The van der Waals surface area contributed by atoms with Gasteiger partial charge in [0.15, 0.2) is 0 Å². The Morgan fingerprint density at radius 2 is 2.11 bits per heavy atom. The molecule has 0 amide bonds. The Morgan fingerprint density at radius 1 is 1.21 bits per heavy atom. The average Bonchev–Trinajstić information content (AvgIpc) is 2.97. The lowest BCUT2D eigenvalue weighted by molar-refractivity contribution is 0.0675. The third-order valence-electron chi connectivity index (χ3n) is 5.31. The Morgan fingerprint density at radius 3 is 2.89 bits per heavy atom. The molecule has 0 spiro atoms. The first-order chi connectivity index (χ1) is 13.7. The summed E-state index contributed by atoms with van der Waals surface area (Å²) < 4.78 is 20.2. The van der Waals surface area contributed by atoms with Gasteiger partial charge in [0.1, 0.15) is 11.9 Å². The maximum Gasteiger partial charge on any atom is 0.141 e. The lowest BCUT2D eigenvalue weighted by atomic mass is 9.92. The van der Waals surface area contributed by atoms with Crippen LogP contribution in [0.25, 0.3) is 11.1 Å². The molecule has 0 bridgehead atoms. The van der Waals surface area contributed by atoms with Crippen LogP contribution in [0.3, 0.4) is 0 Å². The summed E-state index contributed by atoms with van der Waals surface area (Å²) in [5.74, 6) is -0.457. The van der Waals surface area contributed by atoms with Gasteiger partial charge in [-0.05, 0) is 66.6 Å². The molecule has 0 saturated carbocycles. The molecule has 1 saturated heterocycles. The molecular formula is C24H29FN2O. The van der Waals surface area contributed by atoms with E-state index in [0.717, 1.165) is 56.5 Å². The number of nitrogens with one attached hydrogen (secondary N) is 1. The third-order valence-corrected chi connectivity index (χ3v) is 5.31. The van der Waals surface area contributed by atoms with E-state index in [1.165, 1.54) is 30.0 Å². The van der Waals surface area contributed by atoms with Gasteiger partial charge in [-0.2, -0.15) is 5.26 Å². The number of ether oxygens (including phenoxy) is 1. The van der Waals surface area contributed by atoms with E-state index < -0.39 is 5.82 Å². The number of aryl methyl sites for hydroxylation is 1. The molecule has 1 unspecified atom stereocenters. The molecule has 2 aromatic rings. The molecular weight excluding hydrogens is 351 g/mol. The van der Waals surface area contributed by atoms with E-state index in [0.29, 0.717) is 0 Å². The summed E-state index contributed by atoms with van der Waals surface area (Å²) >= 11 is 0. The van der Waals surface area contributed by atoms with Crippen LogP contribution in [0.2, 0.25) is 0 Å². The highest BCUT2D eigenvalue weighted by Gasteiger charge is 2.15. The Labute approximate surface area is 167 Å². The van der Waals surface area contributed by atoms with Crippen molar-refractivity contribution < 1.29 is 9.13 Å². The van der Waals surface area contributed by atoms with Gasteiger partial charge in [0, 0.05) is 13.2 Å². The van der Waals surface area contributed by atoms with Crippen molar-refractivity contribution in [3.63, 3.8) is 0 Å². The van der Waals surface area contributed by atoms with Crippen LogP contribution in [-0.4, -0.2) is 25.8 Å². The first kappa shape index (κ1) is 20.5. The Kier molecular flexibility index (Phi) is 7.59. The average molecular weight is 381 g/mol. The van der Waals surface area contributed by atoms with Crippen molar-refractivity contribution in [1.82, 2.24) is 5.32 Å². The van der Waals surface area contributed by atoms with Gasteiger partial charge in [-0.1, -0.05) is 44.0 Å². The Hall–Kier alpha value is -2.22. The van der Waals surface area contributed by atoms with Gasteiger partial charge in [0.2, 0.25) is 0 Å². The number of nitrogens with zero attached hydrogens (tertiary/aromatic N) is 1. The summed E-state index contributed by atoms with van der Waals surface area (Å²) in [4.78, 5) is 0. The van der Waals surface area contributed by atoms with Gasteiger partial charge in [-0.25, -0.2) is 4.39 Å². The summed E-state index contributed by atoms with van der Waals surface area (Å²) in [5, 5.41) is 12.4. The summed E-state index contributed by atoms with van der Waals surface area (Å²) in [6, 6.07) is 13.4. The van der Waals surface area contributed by atoms with Crippen LogP contribution >= 0.6 is 0 Å². The van der Waals surface area contributed by atoms with Crippen molar-refractivity contribution in [2.24, 2.45) is 0 Å². The van der Waals surface area contributed by atoms with Crippen molar-refractivity contribution in [3.05, 3.63) is 58.9 Å². The molecule has 3 rings (SSSR count). The summed E-state index contributed by atoms with van der Waals surface area (Å²) in [7, 11) is 0. The van der Waals surface area contributed by atoms with Crippen LogP contribution in [0.15, 0.2) is 36.4 Å². The lowest BCUT2D eigenvalue weighted by Gasteiger charge is -2.17. The molecule has 3 nitrogen and oxygen atoms in total. The number of rotatable bonds is 7. The highest BCUT2D eigenvalue weighted by molar-refractivity contribution is 5.69. The smallest absolute Gasteiger partial charge is 0.141 e. The molecule has 2 aromatic carbocycles. The molecule has 0 radical (unpaired) electrons.